The average molecular weight is 265 g/mol. The summed E-state index contributed by atoms with van der Waals surface area (Å²) in [4.78, 5) is 18.4. The van der Waals surface area contributed by atoms with Crippen LogP contribution in [0.3, 0.4) is 0 Å². The van der Waals surface area contributed by atoms with Gasteiger partial charge in [0.05, 0.1) is 0 Å². The van der Waals surface area contributed by atoms with Gasteiger partial charge in [-0.25, -0.2) is 9.78 Å². The molecule has 0 atom stereocenters. The first-order valence-electron chi connectivity index (χ1n) is 5.06. The molecule has 0 aliphatic carbocycles. The lowest BCUT2D eigenvalue weighted by Gasteiger charge is -2.07. The Balaban J connectivity index is 2.28. The van der Waals surface area contributed by atoms with Crippen molar-refractivity contribution in [2.45, 2.75) is 6.92 Å². The third-order valence-electron chi connectivity index (χ3n) is 2.19. The van der Waals surface area contributed by atoms with E-state index >= 15 is 0 Å². The fraction of sp³-hybridized carbons (Fsp3) is 0.0833. The summed E-state index contributed by atoms with van der Waals surface area (Å²) in [5.74, 6) is -0.600. The fourth-order valence-corrected chi connectivity index (χ4v) is 1.56. The van der Waals surface area contributed by atoms with Gasteiger partial charge in [0.2, 0.25) is 0 Å². The van der Waals surface area contributed by atoms with Gasteiger partial charge in [0, 0.05) is 11.2 Å². The monoisotopic (exact) mass is 264 g/mol. The number of carboxylic acids is 1. The molecule has 5 nitrogen and oxygen atoms in total. The van der Waals surface area contributed by atoms with Gasteiger partial charge in [-0.15, -0.1) is 0 Å². The Bertz CT molecular complexity index is 602. The molecule has 0 amide bonds. The van der Waals surface area contributed by atoms with Crippen LogP contribution in [0.2, 0.25) is 5.02 Å². The zero-order chi connectivity index (χ0) is 13.1. The summed E-state index contributed by atoms with van der Waals surface area (Å²) in [7, 11) is 0. The standard InChI is InChI=1S/C12H9ClN2O3/c1-7-6-8(13)2-3-10(7)18-12-14-5-4-9(15-12)11(16)17/h2-6H,1H3,(H,16,17). The SMILES string of the molecule is Cc1cc(Cl)ccc1Oc1nccc(C(=O)O)n1. The van der Waals surface area contributed by atoms with E-state index in [2.05, 4.69) is 9.97 Å². The second kappa shape index (κ2) is 5.01. The van der Waals surface area contributed by atoms with Gasteiger partial charge in [-0.2, -0.15) is 4.98 Å². The van der Waals surface area contributed by atoms with Crippen LogP contribution in [0.15, 0.2) is 30.5 Å². The molecule has 1 heterocycles. The summed E-state index contributed by atoms with van der Waals surface area (Å²) in [5, 5.41) is 9.40. The Morgan fingerprint density at radius 1 is 1.39 bits per heavy atom. The van der Waals surface area contributed by atoms with Crippen LogP contribution in [0.25, 0.3) is 0 Å². The molecule has 0 radical (unpaired) electrons. The highest BCUT2D eigenvalue weighted by Gasteiger charge is 2.09. The zero-order valence-electron chi connectivity index (χ0n) is 9.42. The Kier molecular flexibility index (Phi) is 3.43. The van der Waals surface area contributed by atoms with Crippen LogP contribution in [0.5, 0.6) is 11.8 Å². The molecule has 1 N–H and O–H groups in total. The number of aryl methyl sites for hydroxylation is 1. The average Bonchev–Trinajstić information content (AvgIpc) is 2.33. The van der Waals surface area contributed by atoms with E-state index in [1.165, 1.54) is 12.3 Å². The van der Waals surface area contributed by atoms with Crippen molar-refractivity contribution in [2.24, 2.45) is 0 Å². The van der Waals surface area contributed by atoms with Crippen LogP contribution in [-0.2, 0) is 0 Å². The molecule has 0 saturated carbocycles. The molecular weight excluding hydrogens is 256 g/mol. The lowest BCUT2D eigenvalue weighted by molar-refractivity contribution is 0.0689. The number of halogens is 1. The molecular formula is C12H9ClN2O3. The van der Waals surface area contributed by atoms with Crippen LogP contribution in [-0.4, -0.2) is 21.0 Å². The van der Waals surface area contributed by atoms with Crippen molar-refractivity contribution < 1.29 is 14.6 Å². The van der Waals surface area contributed by atoms with E-state index in [-0.39, 0.29) is 11.7 Å². The maximum Gasteiger partial charge on any atom is 0.354 e. The number of aromatic carboxylic acids is 1. The predicted octanol–water partition coefficient (Wildman–Crippen LogP) is 2.93. The van der Waals surface area contributed by atoms with Gasteiger partial charge in [0.25, 0.3) is 0 Å². The maximum atomic E-state index is 10.8. The minimum atomic E-state index is -1.13. The van der Waals surface area contributed by atoms with E-state index in [0.29, 0.717) is 10.8 Å². The molecule has 0 spiro atoms. The highest BCUT2D eigenvalue weighted by atomic mass is 35.5. The molecule has 0 fully saturated rings. The van der Waals surface area contributed by atoms with E-state index in [1.807, 2.05) is 6.92 Å². The summed E-state index contributed by atoms with van der Waals surface area (Å²) in [5.41, 5.74) is 0.693. The maximum absolute atomic E-state index is 10.8. The van der Waals surface area contributed by atoms with Crippen LogP contribution in [0, 0.1) is 6.92 Å². The molecule has 0 aliphatic rings. The highest BCUT2D eigenvalue weighted by Crippen LogP contribution is 2.25. The minimum absolute atomic E-state index is 0.0136. The molecule has 1 aromatic carbocycles. The van der Waals surface area contributed by atoms with E-state index in [4.69, 9.17) is 21.4 Å². The van der Waals surface area contributed by atoms with E-state index in [9.17, 15) is 4.79 Å². The van der Waals surface area contributed by atoms with Crippen molar-refractivity contribution in [3.8, 4) is 11.8 Å². The number of ether oxygens (including phenoxy) is 1. The third-order valence-corrected chi connectivity index (χ3v) is 2.43. The van der Waals surface area contributed by atoms with Crippen molar-refractivity contribution in [1.29, 1.82) is 0 Å². The van der Waals surface area contributed by atoms with Gasteiger partial charge in [0.1, 0.15) is 5.75 Å². The van der Waals surface area contributed by atoms with Crippen molar-refractivity contribution in [2.75, 3.05) is 0 Å². The summed E-state index contributed by atoms with van der Waals surface area (Å²) in [6.45, 7) is 1.82. The number of rotatable bonds is 3. The molecule has 2 rings (SSSR count). The quantitative estimate of drug-likeness (QED) is 0.923. The lowest BCUT2D eigenvalue weighted by Crippen LogP contribution is -2.02. The van der Waals surface area contributed by atoms with Gasteiger partial charge in [-0.1, -0.05) is 11.6 Å². The smallest absolute Gasteiger partial charge is 0.354 e. The number of carboxylic acid groups (broad SMARTS) is 1. The Morgan fingerprint density at radius 2 is 2.17 bits per heavy atom. The minimum Gasteiger partial charge on any atom is -0.477 e. The van der Waals surface area contributed by atoms with Crippen molar-refractivity contribution in [3.05, 3.63) is 46.7 Å². The molecule has 2 aromatic rings. The number of aromatic nitrogens is 2. The first-order valence-corrected chi connectivity index (χ1v) is 5.44. The second-order valence-electron chi connectivity index (χ2n) is 3.54. The molecule has 92 valence electrons. The first kappa shape index (κ1) is 12.3. The molecule has 6 heteroatoms. The normalized spacial score (nSPS) is 10.1. The summed E-state index contributed by atoms with van der Waals surface area (Å²) in [6, 6.07) is 6.36. The van der Waals surface area contributed by atoms with Crippen molar-refractivity contribution in [1.82, 2.24) is 9.97 Å². The molecule has 0 bridgehead atoms. The molecule has 1 aromatic heterocycles. The van der Waals surface area contributed by atoms with Crippen LogP contribution < -0.4 is 4.74 Å². The number of hydrogen-bond acceptors (Lipinski definition) is 4. The summed E-state index contributed by atoms with van der Waals surface area (Å²) < 4.78 is 5.41. The van der Waals surface area contributed by atoms with Gasteiger partial charge in [0.15, 0.2) is 5.69 Å². The molecule has 0 aliphatic heterocycles. The number of hydrogen-bond donors (Lipinski definition) is 1. The van der Waals surface area contributed by atoms with Crippen LogP contribution >= 0.6 is 11.6 Å². The van der Waals surface area contributed by atoms with Gasteiger partial charge >= 0.3 is 12.0 Å². The molecule has 18 heavy (non-hydrogen) atoms. The van der Waals surface area contributed by atoms with Crippen molar-refractivity contribution in [3.63, 3.8) is 0 Å². The van der Waals surface area contributed by atoms with Crippen molar-refractivity contribution >= 4 is 17.6 Å². The topological polar surface area (TPSA) is 72.3 Å². The summed E-state index contributed by atoms with van der Waals surface area (Å²) in [6.07, 6.45) is 1.33. The Hall–Kier alpha value is -2.14. The fourth-order valence-electron chi connectivity index (χ4n) is 1.33. The first-order chi connectivity index (χ1) is 8.56. The van der Waals surface area contributed by atoms with E-state index in [0.717, 1.165) is 5.56 Å². The Morgan fingerprint density at radius 3 is 2.83 bits per heavy atom. The zero-order valence-corrected chi connectivity index (χ0v) is 10.2. The third kappa shape index (κ3) is 2.75. The highest BCUT2D eigenvalue weighted by molar-refractivity contribution is 6.30. The summed E-state index contributed by atoms with van der Waals surface area (Å²) >= 11 is 5.82. The molecule has 0 saturated heterocycles. The number of benzene rings is 1. The van der Waals surface area contributed by atoms with Crippen LogP contribution in [0.4, 0.5) is 0 Å². The van der Waals surface area contributed by atoms with E-state index in [1.54, 1.807) is 18.2 Å². The van der Waals surface area contributed by atoms with Gasteiger partial charge in [-0.3, -0.25) is 0 Å². The predicted molar refractivity (Wildman–Crippen MR) is 65.3 cm³/mol. The lowest BCUT2D eigenvalue weighted by atomic mass is 10.2. The van der Waals surface area contributed by atoms with Gasteiger partial charge < -0.3 is 9.84 Å². The number of carbonyl (C=O) groups is 1. The second-order valence-corrected chi connectivity index (χ2v) is 3.98. The van der Waals surface area contributed by atoms with E-state index < -0.39 is 5.97 Å². The number of nitrogens with zero attached hydrogens (tertiary/aromatic N) is 2. The van der Waals surface area contributed by atoms with Gasteiger partial charge in [-0.05, 0) is 36.8 Å². The largest absolute Gasteiger partial charge is 0.477 e. The van der Waals surface area contributed by atoms with Crippen LogP contribution in [0.1, 0.15) is 16.1 Å². The molecule has 0 unspecified atom stereocenters. The Labute approximate surface area is 108 Å².